The normalized spacial score (nSPS) is 11.0. The van der Waals surface area contributed by atoms with Gasteiger partial charge in [0.1, 0.15) is 0 Å². The van der Waals surface area contributed by atoms with E-state index in [1.54, 1.807) is 10.8 Å². The molecule has 152 valence electrons. The van der Waals surface area contributed by atoms with E-state index in [9.17, 15) is 9.59 Å². The second-order valence-electron chi connectivity index (χ2n) is 6.12. The van der Waals surface area contributed by atoms with Gasteiger partial charge in [-0.05, 0) is 27.9 Å². The Balaban J connectivity index is 1.56. The maximum atomic E-state index is 13.0. The molecule has 1 aromatic carbocycles. The van der Waals surface area contributed by atoms with E-state index in [2.05, 4.69) is 41.2 Å². The highest BCUT2D eigenvalue weighted by atomic mass is 79.9. The minimum Gasteiger partial charge on any atom is -0.301 e. The van der Waals surface area contributed by atoms with Crippen molar-refractivity contribution < 1.29 is 4.79 Å². The van der Waals surface area contributed by atoms with Crippen LogP contribution in [-0.2, 0) is 17.8 Å². The van der Waals surface area contributed by atoms with Crippen molar-refractivity contribution >= 4 is 61.2 Å². The van der Waals surface area contributed by atoms with Crippen LogP contribution in [0.25, 0.3) is 11.2 Å². The third-order valence-corrected chi connectivity index (χ3v) is 6.45. The molecule has 0 saturated carbocycles. The van der Waals surface area contributed by atoms with Gasteiger partial charge in [-0.1, -0.05) is 53.4 Å². The van der Waals surface area contributed by atoms with Gasteiger partial charge in [-0.2, -0.15) is 0 Å². The van der Waals surface area contributed by atoms with E-state index in [0.717, 1.165) is 9.35 Å². The molecule has 0 saturated heterocycles. The zero-order chi connectivity index (χ0) is 20.9. The van der Waals surface area contributed by atoms with E-state index in [0.29, 0.717) is 23.3 Å². The molecule has 8 nitrogen and oxygen atoms in total. The number of hydrogen-bond acceptors (Lipinski definition) is 8. The summed E-state index contributed by atoms with van der Waals surface area (Å²) >= 11 is 5.82. The van der Waals surface area contributed by atoms with E-state index in [-0.39, 0.29) is 28.4 Å². The Kier molecular flexibility index (Phi) is 6.50. The summed E-state index contributed by atoms with van der Waals surface area (Å²) in [5.41, 5.74) is 1.32. The maximum absolute atomic E-state index is 13.0. The molecule has 0 aliphatic heterocycles. The Morgan fingerprint density at radius 3 is 2.73 bits per heavy atom. The maximum Gasteiger partial charge on any atom is 0.282 e. The number of nitrogens with one attached hydrogen (secondary N) is 1. The number of fused-ring (bicyclic) bond motifs is 1. The molecule has 11 heteroatoms. The lowest BCUT2D eigenvalue weighted by atomic mass is 10.1. The van der Waals surface area contributed by atoms with Crippen molar-refractivity contribution in [2.75, 3.05) is 11.1 Å². The first kappa shape index (κ1) is 20.6. The number of halogens is 1. The third kappa shape index (κ3) is 4.91. The molecule has 0 aliphatic carbocycles. The summed E-state index contributed by atoms with van der Waals surface area (Å²) in [7, 11) is 0. The Hall–Kier alpha value is -2.63. The lowest BCUT2D eigenvalue weighted by Crippen LogP contribution is -2.26. The molecule has 4 rings (SSSR count). The van der Waals surface area contributed by atoms with Crippen LogP contribution in [0.4, 0.5) is 5.13 Å². The fraction of sp³-hybridized carbons (Fsp3) is 0.158. The van der Waals surface area contributed by atoms with Crippen molar-refractivity contribution in [2.45, 2.75) is 18.1 Å². The van der Waals surface area contributed by atoms with Crippen molar-refractivity contribution in [2.24, 2.45) is 0 Å². The number of thioether (sulfide) groups is 1. The fourth-order valence-corrected chi connectivity index (χ4v) is 4.66. The predicted molar refractivity (Wildman–Crippen MR) is 121 cm³/mol. The van der Waals surface area contributed by atoms with E-state index in [4.69, 9.17) is 0 Å². The van der Waals surface area contributed by atoms with Gasteiger partial charge in [-0.15, -0.1) is 0 Å². The standard InChI is InChI=1S/C19H15BrN6O2S2/c20-13-10-23-18(30-13)24-14(27)11-29-19-25-16-15(21-7-8-22-16)17(28)26(19)9-6-12-4-2-1-3-5-12/h1-5,7-8,10H,6,9,11H2,(H,23,24,27). The minimum absolute atomic E-state index is 0.0841. The number of amides is 1. The SMILES string of the molecule is O=C(CSc1nc2nccnc2c(=O)n1CCc1ccccc1)Nc1ncc(Br)s1. The average Bonchev–Trinajstić information content (AvgIpc) is 3.17. The highest BCUT2D eigenvalue weighted by molar-refractivity contribution is 9.11. The molecule has 0 radical (unpaired) electrons. The van der Waals surface area contributed by atoms with Gasteiger partial charge in [0.25, 0.3) is 5.56 Å². The van der Waals surface area contributed by atoms with Gasteiger partial charge in [0, 0.05) is 18.9 Å². The Morgan fingerprint density at radius 1 is 1.17 bits per heavy atom. The van der Waals surface area contributed by atoms with Gasteiger partial charge < -0.3 is 5.32 Å². The van der Waals surface area contributed by atoms with Crippen molar-refractivity contribution in [3.8, 4) is 0 Å². The summed E-state index contributed by atoms with van der Waals surface area (Å²) in [5.74, 6) is -0.147. The van der Waals surface area contributed by atoms with Gasteiger partial charge in [0.05, 0.1) is 15.7 Å². The molecule has 0 spiro atoms. The Bertz CT molecular complexity index is 1240. The number of carbonyl (C=O) groups excluding carboxylic acids is 1. The Morgan fingerprint density at radius 2 is 1.97 bits per heavy atom. The number of hydrogen-bond donors (Lipinski definition) is 1. The number of aromatic nitrogens is 5. The summed E-state index contributed by atoms with van der Waals surface area (Å²) in [6.07, 6.45) is 5.24. The molecular formula is C19H15BrN6O2S2. The predicted octanol–water partition coefficient (Wildman–Crippen LogP) is 3.38. The van der Waals surface area contributed by atoms with Crippen LogP contribution in [0, 0.1) is 0 Å². The van der Waals surface area contributed by atoms with Gasteiger partial charge in [-0.3, -0.25) is 14.2 Å². The first-order chi connectivity index (χ1) is 14.6. The summed E-state index contributed by atoms with van der Waals surface area (Å²) in [6, 6.07) is 9.87. The van der Waals surface area contributed by atoms with E-state index in [1.165, 1.54) is 35.5 Å². The van der Waals surface area contributed by atoms with Crippen LogP contribution >= 0.6 is 39.0 Å². The monoisotopic (exact) mass is 502 g/mol. The number of thiazole rings is 1. The van der Waals surface area contributed by atoms with Gasteiger partial charge in [0.15, 0.2) is 21.5 Å². The lowest BCUT2D eigenvalue weighted by Gasteiger charge is -2.12. The summed E-state index contributed by atoms with van der Waals surface area (Å²) in [6.45, 7) is 0.422. The first-order valence-electron chi connectivity index (χ1n) is 8.89. The van der Waals surface area contributed by atoms with E-state index >= 15 is 0 Å². The van der Waals surface area contributed by atoms with Crippen LogP contribution in [0.15, 0.2) is 62.7 Å². The van der Waals surface area contributed by atoms with E-state index < -0.39 is 0 Å². The molecule has 0 unspecified atom stereocenters. The molecule has 30 heavy (non-hydrogen) atoms. The lowest BCUT2D eigenvalue weighted by molar-refractivity contribution is -0.113. The van der Waals surface area contributed by atoms with Crippen LogP contribution in [0.3, 0.4) is 0 Å². The average molecular weight is 503 g/mol. The number of nitrogens with zero attached hydrogens (tertiary/aromatic N) is 5. The zero-order valence-corrected chi connectivity index (χ0v) is 18.7. The van der Waals surface area contributed by atoms with Crippen molar-refractivity contribution in [1.82, 2.24) is 24.5 Å². The van der Waals surface area contributed by atoms with Crippen LogP contribution in [0.1, 0.15) is 5.56 Å². The van der Waals surface area contributed by atoms with E-state index in [1.807, 2.05) is 30.3 Å². The molecule has 3 heterocycles. The molecule has 0 atom stereocenters. The highest BCUT2D eigenvalue weighted by Gasteiger charge is 2.15. The molecule has 1 N–H and O–H groups in total. The van der Waals surface area contributed by atoms with Crippen LogP contribution in [0.2, 0.25) is 0 Å². The fourth-order valence-electron chi connectivity index (χ4n) is 2.72. The molecule has 1 amide bonds. The number of anilines is 1. The largest absolute Gasteiger partial charge is 0.301 e. The zero-order valence-electron chi connectivity index (χ0n) is 15.5. The summed E-state index contributed by atoms with van der Waals surface area (Å²) < 4.78 is 2.39. The topological polar surface area (TPSA) is 103 Å². The number of rotatable bonds is 7. The van der Waals surface area contributed by atoms with Crippen LogP contribution < -0.4 is 10.9 Å². The highest BCUT2D eigenvalue weighted by Crippen LogP contribution is 2.24. The second-order valence-corrected chi connectivity index (χ2v) is 9.47. The molecule has 0 aliphatic rings. The van der Waals surface area contributed by atoms with Gasteiger partial charge >= 0.3 is 0 Å². The number of carbonyl (C=O) groups is 1. The molecule has 3 aromatic heterocycles. The number of benzene rings is 1. The van der Waals surface area contributed by atoms with Crippen molar-refractivity contribution in [1.29, 1.82) is 0 Å². The van der Waals surface area contributed by atoms with Gasteiger partial charge in [-0.25, -0.2) is 19.9 Å². The van der Waals surface area contributed by atoms with Crippen molar-refractivity contribution in [3.63, 3.8) is 0 Å². The third-order valence-electron chi connectivity index (χ3n) is 4.08. The smallest absolute Gasteiger partial charge is 0.282 e. The summed E-state index contributed by atoms with van der Waals surface area (Å²) in [5, 5.41) is 3.67. The second kappa shape index (κ2) is 9.45. The van der Waals surface area contributed by atoms with Crippen LogP contribution in [-0.4, -0.2) is 36.2 Å². The molecule has 0 bridgehead atoms. The summed E-state index contributed by atoms with van der Waals surface area (Å²) in [4.78, 5) is 42.2. The van der Waals surface area contributed by atoms with Gasteiger partial charge in [0.2, 0.25) is 5.91 Å². The van der Waals surface area contributed by atoms with Crippen LogP contribution in [0.5, 0.6) is 0 Å². The molecule has 4 aromatic rings. The molecule has 0 fully saturated rings. The molecular weight excluding hydrogens is 488 g/mol. The quantitative estimate of drug-likeness (QED) is 0.305. The van der Waals surface area contributed by atoms with Crippen molar-refractivity contribution in [3.05, 3.63) is 68.6 Å². The Labute approximate surface area is 187 Å². The number of aryl methyl sites for hydroxylation is 1. The minimum atomic E-state index is -0.268. The first-order valence-corrected chi connectivity index (χ1v) is 11.5.